The van der Waals surface area contributed by atoms with Gasteiger partial charge in [0.25, 0.3) is 0 Å². The Hall–Kier alpha value is -1.04. The molecule has 0 N–H and O–H groups in total. The molecule has 1 aromatic rings. The van der Waals surface area contributed by atoms with Gasteiger partial charge in [-0.25, -0.2) is 0 Å². The van der Waals surface area contributed by atoms with Crippen molar-refractivity contribution < 1.29 is 0 Å². The van der Waals surface area contributed by atoms with Gasteiger partial charge in [0.1, 0.15) is 0 Å². The lowest BCUT2D eigenvalue weighted by Gasteiger charge is -1.94. The Balaban J connectivity index is 2.79. The smallest absolute Gasteiger partial charge is 0.0249 e. The minimum atomic E-state index is 1.05. The second kappa shape index (κ2) is 8.11. The van der Waals surface area contributed by atoms with Crippen LogP contribution in [0.4, 0.5) is 0 Å². The molecule has 0 heterocycles. The Morgan fingerprint density at radius 1 is 1.18 bits per heavy atom. The van der Waals surface area contributed by atoms with Crippen molar-refractivity contribution in [3.8, 4) is 11.8 Å². The zero-order valence-corrected chi connectivity index (χ0v) is 12.0. The fraction of sp³-hybridized carbons (Fsp3) is 0.200. The largest absolute Gasteiger partial charge is 0.138 e. The van der Waals surface area contributed by atoms with Crippen molar-refractivity contribution in [3.63, 3.8) is 0 Å². The minimum absolute atomic E-state index is 1.05. The summed E-state index contributed by atoms with van der Waals surface area (Å²) in [5.74, 6) is 6.33. The third-order valence-electron chi connectivity index (χ3n) is 2.14. The molecule has 0 aliphatic heterocycles. The molecule has 17 heavy (non-hydrogen) atoms. The average Bonchev–Trinajstić information content (AvgIpc) is 2.39. The van der Waals surface area contributed by atoms with Gasteiger partial charge in [-0.2, -0.15) is 0 Å². The molecule has 0 nitrogen and oxygen atoms in total. The van der Waals surface area contributed by atoms with E-state index in [1.54, 1.807) is 23.5 Å². The number of hydrogen-bond acceptors (Lipinski definition) is 2. The van der Waals surface area contributed by atoms with Gasteiger partial charge in [-0.05, 0) is 55.2 Å². The van der Waals surface area contributed by atoms with E-state index in [4.69, 9.17) is 0 Å². The van der Waals surface area contributed by atoms with Crippen LogP contribution in [-0.4, -0.2) is 12.5 Å². The van der Waals surface area contributed by atoms with Gasteiger partial charge < -0.3 is 0 Å². The molecule has 0 atom stereocenters. The standard InChI is InChI=1S/C15H16S2/c1-4-13(11-12-16-2)5-6-14-7-9-15(17-3)10-8-14/h4,7-12H,1-3H3/b12-11-,13-4-. The molecule has 0 amide bonds. The Kier molecular flexibility index (Phi) is 6.69. The van der Waals surface area contributed by atoms with E-state index in [0.717, 1.165) is 11.1 Å². The summed E-state index contributed by atoms with van der Waals surface area (Å²) in [7, 11) is 0. The van der Waals surface area contributed by atoms with Crippen LogP contribution in [0.2, 0.25) is 0 Å². The van der Waals surface area contributed by atoms with Crippen LogP contribution in [0.15, 0.2) is 52.3 Å². The second-order valence-corrected chi connectivity index (χ2v) is 4.88. The molecule has 0 radical (unpaired) electrons. The molecule has 0 spiro atoms. The van der Waals surface area contributed by atoms with Crippen LogP contribution >= 0.6 is 23.5 Å². The third-order valence-corrected chi connectivity index (χ3v) is 3.29. The average molecular weight is 260 g/mol. The summed E-state index contributed by atoms with van der Waals surface area (Å²) in [6.07, 6.45) is 8.17. The van der Waals surface area contributed by atoms with E-state index >= 15 is 0 Å². The number of thioether (sulfide) groups is 2. The molecule has 88 valence electrons. The quantitative estimate of drug-likeness (QED) is 0.443. The first-order valence-corrected chi connectivity index (χ1v) is 7.83. The maximum Gasteiger partial charge on any atom is 0.0249 e. The van der Waals surface area contributed by atoms with Gasteiger partial charge in [-0.1, -0.05) is 17.9 Å². The Bertz CT molecular complexity index is 456. The lowest BCUT2D eigenvalue weighted by Crippen LogP contribution is -1.76. The zero-order valence-electron chi connectivity index (χ0n) is 10.4. The van der Waals surface area contributed by atoms with Gasteiger partial charge in [-0.3, -0.25) is 0 Å². The highest BCUT2D eigenvalue weighted by Gasteiger charge is 1.89. The zero-order chi connectivity index (χ0) is 12.5. The number of rotatable bonds is 3. The molecule has 0 saturated heterocycles. The molecule has 2 heteroatoms. The summed E-state index contributed by atoms with van der Waals surface area (Å²) in [5.41, 5.74) is 2.10. The van der Waals surface area contributed by atoms with E-state index < -0.39 is 0 Å². The van der Waals surface area contributed by atoms with E-state index in [-0.39, 0.29) is 0 Å². The lowest BCUT2D eigenvalue weighted by atomic mass is 10.2. The Morgan fingerprint density at radius 2 is 1.88 bits per heavy atom. The molecule has 0 aromatic heterocycles. The van der Waals surface area contributed by atoms with Crippen molar-refractivity contribution in [3.05, 3.63) is 53.0 Å². The summed E-state index contributed by atoms with van der Waals surface area (Å²) in [5, 5.41) is 2.04. The molecular weight excluding hydrogens is 244 g/mol. The highest BCUT2D eigenvalue weighted by molar-refractivity contribution is 8.01. The van der Waals surface area contributed by atoms with Crippen LogP contribution in [0, 0.1) is 11.8 Å². The molecule has 0 aliphatic rings. The van der Waals surface area contributed by atoms with Gasteiger partial charge >= 0.3 is 0 Å². The maximum atomic E-state index is 3.17. The van der Waals surface area contributed by atoms with E-state index in [1.807, 2.05) is 30.7 Å². The van der Waals surface area contributed by atoms with Gasteiger partial charge in [-0.15, -0.1) is 23.5 Å². The first-order valence-electron chi connectivity index (χ1n) is 5.32. The Morgan fingerprint density at radius 3 is 2.41 bits per heavy atom. The highest BCUT2D eigenvalue weighted by Crippen LogP contribution is 2.14. The van der Waals surface area contributed by atoms with Crippen molar-refractivity contribution in [2.45, 2.75) is 11.8 Å². The van der Waals surface area contributed by atoms with Crippen molar-refractivity contribution in [1.29, 1.82) is 0 Å². The van der Waals surface area contributed by atoms with Crippen LogP contribution < -0.4 is 0 Å². The van der Waals surface area contributed by atoms with Crippen LogP contribution in [0.5, 0.6) is 0 Å². The first kappa shape index (κ1) is 14.0. The summed E-state index contributed by atoms with van der Waals surface area (Å²) < 4.78 is 0. The first-order chi connectivity index (χ1) is 8.30. The molecule has 0 aliphatic carbocycles. The van der Waals surface area contributed by atoms with E-state index in [9.17, 15) is 0 Å². The summed E-state index contributed by atoms with van der Waals surface area (Å²) in [6, 6.07) is 8.32. The fourth-order valence-electron chi connectivity index (χ4n) is 1.17. The predicted octanol–water partition coefficient (Wildman–Crippen LogP) is 4.58. The molecule has 0 bridgehead atoms. The van der Waals surface area contributed by atoms with Gasteiger partial charge in [0.2, 0.25) is 0 Å². The van der Waals surface area contributed by atoms with Crippen LogP contribution in [0.25, 0.3) is 0 Å². The lowest BCUT2D eigenvalue weighted by molar-refractivity contribution is 1.45. The van der Waals surface area contributed by atoms with Crippen molar-refractivity contribution in [1.82, 2.24) is 0 Å². The van der Waals surface area contributed by atoms with E-state index in [1.165, 1.54) is 4.90 Å². The Labute approximate surface area is 113 Å². The molecule has 0 saturated carbocycles. The van der Waals surface area contributed by atoms with Crippen molar-refractivity contribution >= 4 is 23.5 Å². The number of benzene rings is 1. The third kappa shape index (κ3) is 5.21. The fourth-order valence-corrected chi connectivity index (χ4v) is 1.86. The monoisotopic (exact) mass is 260 g/mol. The summed E-state index contributed by atoms with van der Waals surface area (Å²) in [4.78, 5) is 1.27. The predicted molar refractivity (Wildman–Crippen MR) is 81.5 cm³/mol. The molecule has 0 fully saturated rings. The topological polar surface area (TPSA) is 0 Å². The van der Waals surface area contributed by atoms with Crippen LogP contribution in [0.1, 0.15) is 12.5 Å². The van der Waals surface area contributed by atoms with E-state index in [0.29, 0.717) is 0 Å². The van der Waals surface area contributed by atoms with Gasteiger partial charge in [0.05, 0.1) is 0 Å². The molecule has 1 aromatic carbocycles. The summed E-state index contributed by atoms with van der Waals surface area (Å²) in [6.45, 7) is 2.01. The molecule has 0 unspecified atom stereocenters. The van der Waals surface area contributed by atoms with Crippen molar-refractivity contribution in [2.75, 3.05) is 12.5 Å². The van der Waals surface area contributed by atoms with Crippen molar-refractivity contribution in [2.24, 2.45) is 0 Å². The van der Waals surface area contributed by atoms with Gasteiger partial charge in [0.15, 0.2) is 0 Å². The van der Waals surface area contributed by atoms with E-state index in [2.05, 4.69) is 42.4 Å². The number of allylic oxidation sites excluding steroid dienone is 3. The summed E-state index contributed by atoms with van der Waals surface area (Å²) >= 11 is 3.42. The SMILES string of the molecule is C/C=C(C#Cc1ccc(SC)cc1)\C=C/SC. The minimum Gasteiger partial charge on any atom is -0.138 e. The normalized spacial score (nSPS) is 11.4. The highest BCUT2D eigenvalue weighted by atomic mass is 32.2. The molecular formula is C15H16S2. The van der Waals surface area contributed by atoms with Crippen LogP contribution in [-0.2, 0) is 0 Å². The van der Waals surface area contributed by atoms with Crippen LogP contribution in [0.3, 0.4) is 0 Å². The maximum absolute atomic E-state index is 3.17. The second-order valence-electron chi connectivity index (χ2n) is 3.26. The van der Waals surface area contributed by atoms with Gasteiger partial charge in [0, 0.05) is 16.0 Å². The molecule has 1 rings (SSSR count). The number of hydrogen-bond donors (Lipinski definition) is 0.